The van der Waals surface area contributed by atoms with Crippen molar-refractivity contribution in [2.75, 3.05) is 27.3 Å². The quantitative estimate of drug-likeness (QED) is 0.146. The molecular formula is C39H48N8O7S. The Morgan fingerprint density at radius 2 is 1.36 bits per heavy atom. The number of nitrogens with one attached hydrogen (secondary N) is 4. The van der Waals surface area contributed by atoms with Gasteiger partial charge in [0.2, 0.25) is 11.8 Å². The molecule has 4 amide bonds. The standard InChI is InChI=1S/C39H48N8O7S/c1-20(2)31(44-38(50)52-5)36(48)46-13-7-9-27(46)34-40-17-25(42-34)22-11-12-24-29(15-22)54-19-23-16-30(55-33(23)24)26-18-41-35(43-26)28-10-8-14-47(28)37(49)32(21(3)4)45-39(51)53-6/h11-12,15-18,20-21,27-28,31-32H,7-10,13-14,19H2,1-6H3,(H,40,42)(H,41,43)(H,44,50)(H,45,51)/t27-,28-,31?,32-/m0/s1. The average molecular weight is 773 g/mol. The van der Waals surface area contributed by atoms with Crippen LogP contribution in [0.4, 0.5) is 9.59 Å². The number of hydrogen-bond donors (Lipinski definition) is 4. The largest absolute Gasteiger partial charge is 0.488 e. The van der Waals surface area contributed by atoms with Crippen molar-refractivity contribution >= 4 is 35.3 Å². The van der Waals surface area contributed by atoms with Crippen molar-refractivity contribution in [2.24, 2.45) is 11.8 Å². The van der Waals surface area contributed by atoms with Gasteiger partial charge in [0, 0.05) is 34.7 Å². The van der Waals surface area contributed by atoms with Crippen LogP contribution in [0.3, 0.4) is 0 Å². The maximum Gasteiger partial charge on any atom is 0.407 e. The number of carbonyl (C=O) groups is 4. The summed E-state index contributed by atoms with van der Waals surface area (Å²) in [5.41, 5.74) is 4.67. The summed E-state index contributed by atoms with van der Waals surface area (Å²) in [5, 5.41) is 5.40. The van der Waals surface area contributed by atoms with Crippen LogP contribution >= 0.6 is 11.3 Å². The molecule has 1 aromatic carbocycles. The minimum atomic E-state index is -0.701. The molecule has 6 heterocycles. The first-order chi connectivity index (χ1) is 26.5. The van der Waals surface area contributed by atoms with Crippen molar-refractivity contribution in [3.63, 3.8) is 0 Å². The lowest BCUT2D eigenvalue weighted by molar-refractivity contribution is -0.136. The number of alkyl carbamates (subject to hydrolysis) is 2. The Hall–Kier alpha value is -5.38. The predicted octanol–water partition coefficient (Wildman–Crippen LogP) is 6.18. The van der Waals surface area contributed by atoms with Gasteiger partial charge in [-0.1, -0.05) is 33.8 Å². The number of carbonyl (C=O) groups excluding carboxylic acids is 4. The molecule has 292 valence electrons. The number of aromatic amines is 2. The maximum absolute atomic E-state index is 13.6. The van der Waals surface area contributed by atoms with E-state index in [1.54, 1.807) is 22.4 Å². The van der Waals surface area contributed by atoms with Crippen LogP contribution in [0.2, 0.25) is 0 Å². The van der Waals surface area contributed by atoms with Gasteiger partial charge in [-0.25, -0.2) is 19.6 Å². The number of hydrogen-bond acceptors (Lipinski definition) is 10. The van der Waals surface area contributed by atoms with E-state index in [-0.39, 0.29) is 35.7 Å². The topological polar surface area (TPSA) is 184 Å². The normalized spacial score (nSPS) is 18.8. The van der Waals surface area contributed by atoms with Crippen molar-refractivity contribution in [1.82, 2.24) is 40.4 Å². The summed E-state index contributed by atoms with van der Waals surface area (Å²) in [4.78, 5) is 73.3. The van der Waals surface area contributed by atoms with Crippen molar-refractivity contribution in [2.45, 2.75) is 84.2 Å². The highest BCUT2D eigenvalue weighted by molar-refractivity contribution is 7.19. The van der Waals surface area contributed by atoms with Gasteiger partial charge >= 0.3 is 12.2 Å². The van der Waals surface area contributed by atoms with E-state index in [0.29, 0.717) is 25.5 Å². The molecule has 4 aromatic rings. The molecular weight excluding hydrogens is 725 g/mol. The van der Waals surface area contributed by atoms with Crippen LogP contribution in [-0.2, 0) is 25.7 Å². The second-order valence-electron chi connectivity index (χ2n) is 14.9. The lowest BCUT2D eigenvalue weighted by Crippen LogP contribution is -2.51. The summed E-state index contributed by atoms with van der Waals surface area (Å²) in [6.07, 6.45) is 5.56. The highest BCUT2D eigenvalue weighted by Crippen LogP contribution is 2.46. The zero-order valence-electron chi connectivity index (χ0n) is 31.9. The van der Waals surface area contributed by atoms with Crippen LogP contribution in [0.25, 0.3) is 32.3 Å². The number of thiophene rings is 1. The zero-order chi connectivity index (χ0) is 39.0. The van der Waals surface area contributed by atoms with E-state index in [4.69, 9.17) is 24.2 Å². The fourth-order valence-electron chi connectivity index (χ4n) is 7.72. The Morgan fingerprint density at radius 3 is 1.91 bits per heavy atom. The summed E-state index contributed by atoms with van der Waals surface area (Å²) in [6.45, 7) is 9.18. The summed E-state index contributed by atoms with van der Waals surface area (Å²) in [5.74, 6) is 1.66. The number of benzene rings is 1. The predicted molar refractivity (Wildman–Crippen MR) is 205 cm³/mol. The Labute approximate surface area is 323 Å². The Morgan fingerprint density at radius 1 is 0.818 bits per heavy atom. The number of nitrogens with zero attached hydrogens (tertiary/aromatic N) is 4. The molecule has 15 nitrogen and oxygen atoms in total. The molecule has 4 N–H and O–H groups in total. The number of amides is 4. The fourth-order valence-corrected chi connectivity index (χ4v) is 8.88. The van der Waals surface area contributed by atoms with Gasteiger partial charge in [-0.05, 0) is 55.7 Å². The van der Waals surface area contributed by atoms with E-state index in [1.807, 2.05) is 50.9 Å². The van der Waals surface area contributed by atoms with Gasteiger partial charge in [0.25, 0.3) is 0 Å². The number of aromatic nitrogens is 4. The average Bonchev–Trinajstić information content (AvgIpc) is 4.03. The molecule has 7 rings (SSSR count). The smallest absolute Gasteiger partial charge is 0.407 e. The van der Waals surface area contributed by atoms with E-state index in [2.05, 4.69) is 32.7 Å². The van der Waals surface area contributed by atoms with Gasteiger partial charge < -0.3 is 44.6 Å². The summed E-state index contributed by atoms with van der Waals surface area (Å²) >= 11 is 1.66. The molecule has 3 aromatic heterocycles. The second kappa shape index (κ2) is 15.8. The van der Waals surface area contributed by atoms with Crippen molar-refractivity contribution in [1.29, 1.82) is 0 Å². The van der Waals surface area contributed by atoms with Crippen molar-refractivity contribution in [3.8, 4) is 38.0 Å². The van der Waals surface area contributed by atoms with Crippen molar-refractivity contribution < 1.29 is 33.4 Å². The molecule has 55 heavy (non-hydrogen) atoms. The van der Waals surface area contributed by atoms with Gasteiger partial charge in [-0.3, -0.25) is 9.59 Å². The second-order valence-corrected chi connectivity index (χ2v) is 16.0. The maximum atomic E-state index is 13.6. The highest BCUT2D eigenvalue weighted by atomic mass is 32.1. The molecule has 2 saturated heterocycles. The van der Waals surface area contributed by atoms with Gasteiger partial charge in [-0.2, -0.15) is 0 Å². The molecule has 0 saturated carbocycles. The van der Waals surface area contributed by atoms with Crippen LogP contribution < -0.4 is 15.4 Å². The first-order valence-electron chi connectivity index (χ1n) is 18.8. The number of imidazole rings is 2. The molecule has 16 heteroatoms. The molecule has 2 fully saturated rings. The van der Waals surface area contributed by atoms with E-state index in [9.17, 15) is 19.2 Å². The molecule has 4 atom stereocenters. The first kappa shape index (κ1) is 37.9. The monoisotopic (exact) mass is 772 g/mol. The first-order valence-corrected chi connectivity index (χ1v) is 19.6. The van der Waals surface area contributed by atoms with E-state index < -0.39 is 24.3 Å². The number of rotatable bonds is 10. The summed E-state index contributed by atoms with van der Waals surface area (Å²) < 4.78 is 15.8. The molecule has 0 bridgehead atoms. The third-order valence-electron chi connectivity index (χ3n) is 10.7. The molecule has 0 aliphatic carbocycles. The van der Waals surface area contributed by atoms with Crippen LogP contribution in [0.1, 0.15) is 82.7 Å². The van der Waals surface area contributed by atoms with E-state index in [0.717, 1.165) is 75.1 Å². The number of methoxy groups -OCH3 is 2. The summed E-state index contributed by atoms with van der Waals surface area (Å²) in [7, 11) is 2.57. The number of H-pyrrole nitrogens is 2. The Balaban J connectivity index is 1.06. The third-order valence-corrected chi connectivity index (χ3v) is 11.9. The SMILES string of the molecule is COC(=O)NC(C(=O)N1CCC[C@H]1c1ncc(-c2ccc3c(c2)OCc2cc(-c4cnc([C@@H]5CCCN5C(=O)[C@@H](NC(=O)OC)C(C)C)[nH]4)sc2-3)[nH]1)C(C)C. The van der Waals surface area contributed by atoms with Crippen LogP contribution in [0, 0.1) is 11.8 Å². The van der Waals surface area contributed by atoms with Crippen LogP contribution in [0.5, 0.6) is 5.75 Å². The van der Waals surface area contributed by atoms with Gasteiger partial charge in [0.05, 0.1) is 55.0 Å². The number of fused-ring (bicyclic) bond motifs is 3. The van der Waals surface area contributed by atoms with Gasteiger partial charge in [0.15, 0.2) is 0 Å². The fraction of sp³-hybridized carbons (Fsp3) is 0.487. The molecule has 0 radical (unpaired) electrons. The summed E-state index contributed by atoms with van der Waals surface area (Å²) in [6, 6.07) is 6.39. The minimum Gasteiger partial charge on any atom is -0.488 e. The molecule has 3 aliphatic rings. The third kappa shape index (κ3) is 7.51. The van der Waals surface area contributed by atoms with Crippen LogP contribution in [-0.4, -0.2) is 93.1 Å². The molecule has 3 aliphatic heterocycles. The van der Waals surface area contributed by atoms with Crippen LogP contribution in [0.15, 0.2) is 36.7 Å². The number of likely N-dealkylation sites (tertiary alicyclic amines) is 2. The lowest BCUT2D eigenvalue weighted by Gasteiger charge is -2.30. The Kier molecular flexibility index (Phi) is 10.9. The lowest BCUT2D eigenvalue weighted by atomic mass is 10.0. The van der Waals surface area contributed by atoms with Gasteiger partial charge in [0.1, 0.15) is 36.1 Å². The highest BCUT2D eigenvalue weighted by Gasteiger charge is 2.39. The van der Waals surface area contributed by atoms with Gasteiger partial charge in [-0.15, -0.1) is 11.3 Å². The minimum absolute atomic E-state index is 0.113. The Bertz CT molecular complexity index is 2070. The number of ether oxygens (including phenoxy) is 3. The van der Waals surface area contributed by atoms with Crippen molar-refractivity contribution in [3.05, 3.63) is 53.9 Å². The van der Waals surface area contributed by atoms with E-state index >= 15 is 0 Å². The zero-order valence-corrected chi connectivity index (χ0v) is 32.7. The molecule has 1 unspecified atom stereocenters. The van der Waals surface area contributed by atoms with E-state index in [1.165, 1.54) is 14.2 Å². The molecule has 0 spiro atoms.